The van der Waals surface area contributed by atoms with E-state index in [0.717, 1.165) is 31.8 Å². The van der Waals surface area contributed by atoms with Crippen LogP contribution in [0.25, 0.3) is 0 Å². The summed E-state index contributed by atoms with van der Waals surface area (Å²) >= 11 is 0. The fourth-order valence-corrected chi connectivity index (χ4v) is 2.14. The zero-order chi connectivity index (χ0) is 13.3. The first-order valence-corrected chi connectivity index (χ1v) is 6.64. The van der Waals surface area contributed by atoms with Gasteiger partial charge < -0.3 is 9.63 Å². The molecule has 2 rings (SSSR count). The quantitative estimate of drug-likeness (QED) is 0.872. The van der Waals surface area contributed by atoms with Gasteiger partial charge in [-0.25, -0.2) is 0 Å². The molecule has 1 fully saturated rings. The van der Waals surface area contributed by atoms with Crippen LogP contribution < -0.4 is 0 Å². The van der Waals surface area contributed by atoms with Crippen molar-refractivity contribution in [2.75, 3.05) is 13.1 Å². The summed E-state index contributed by atoms with van der Waals surface area (Å²) in [5.74, 6) is 1.43. The van der Waals surface area contributed by atoms with E-state index < -0.39 is 0 Å². The molecule has 0 amide bonds. The van der Waals surface area contributed by atoms with Crippen molar-refractivity contribution in [1.29, 1.82) is 0 Å². The highest BCUT2D eigenvalue weighted by atomic mass is 16.5. The van der Waals surface area contributed by atoms with Crippen LogP contribution in [0.4, 0.5) is 0 Å². The predicted molar refractivity (Wildman–Crippen MR) is 68.2 cm³/mol. The maximum absolute atomic E-state index is 9.51. The van der Waals surface area contributed by atoms with Crippen LogP contribution in [0.15, 0.2) is 4.52 Å². The van der Waals surface area contributed by atoms with E-state index in [-0.39, 0.29) is 17.6 Å². The smallest absolute Gasteiger partial charge is 0.243 e. The van der Waals surface area contributed by atoms with Gasteiger partial charge in [0.1, 0.15) is 0 Å². The Labute approximate surface area is 108 Å². The van der Waals surface area contributed by atoms with E-state index in [4.69, 9.17) is 4.52 Å². The van der Waals surface area contributed by atoms with Crippen molar-refractivity contribution in [1.82, 2.24) is 15.0 Å². The molecule has 0 spiro atoms. The zero-order valence-electron chi connectivity index (χ0n) is 11.7. The van der Waals surface area contributed by atoms with E-state index in [9.17, 15) is 5.11 Å². The van der Waals surface area contributed by atoms with Gasteiger partial charge in [0.05, 0.1) is 12.1 Å². The molecule has 1 saturated heterocycles. The normalized spacial score (nSPS) is 21.2. The van der Waals surface area contributed by atoms with Crippen molar-refractivity contribution in [3.63, 3.8) is 0 Å². The van der Waals surface area contributed by atoms with E-state index in [0.29, 0.717) is 5.89 Å². The van der Waals surface area contributed by atoms with Crippen LogP contribution in [0, 0.1) is 0 Å². The molecule has 1 aliphatic heterocycles. The molecule has 0 bridgehead atoms. The molecule has 2 heterocycles. The Balaban J connectivity index is 2.05. The van der Waals surface area contributed by atoms with Crippen molar-refractivity contribution in [2.24, 2.45) is 0 Å². The molecule has 1 aromatic rings. The lowest BCUT2D eigenvalue weighted by Gasteiger charge is -2.32. The number of piperidine rings is 1. The van der Waals surface area contributed by atoms with E-state index in [1.807, 2.05) is 0 Å². The highest BCUT2D eigenvalue weighted by molar-refractivity contribution is 5.02. The van der Waals surface area contributed by atoms with E-state index >= 15 is 0 Å². The molecule has 5 heteroatoms. The maximum Gasteiger partial charge on any atom is 0.243 e. The predicted octanol–water partition coefficient (Wildman–Crippen LogP) is 1.88. The molecule has 5 nitrogen and oxygen atoms in total. The molecule has 0 radical (unpaired) electrons. The molecular formula is C13H23N3O2. The summed E-state index contributed by atoms with van der Waals surface area (Å²) in [7, 11) is 0. The molecule has 102 valence electrons. The Bertz CT molecular complexity index is 389. The number of aromatic nitrogens is 2. The number of hydrogen-bond donors (Lipinski definition) is 1. The van der Waals surface area contributed by atoms with E-state index in [2.05, 4.69) is 42.7 Å². The summed E-state index contributed by atoms with van der Waals surface area (Å²) in [6.45, 7) is 10.1. The third-order valence-electron chi connectivity index (χ3n) is 3.52. The van der Waals surface area contributed by atoms with Crippen LogP contribution in [0.1, 0.15) is 58.3 Å². The van der Waals surface area contributed by atoms with Gasteiger partial charge in [0.15, 0.2) is 5.82 Å². The van der Waals surface area contributed by atoms with Gasteiger partial charge in [-0.3, -0.25) is 4.90 Å². The van der Waals surface area contributed by atoms with Crippen molar-refractivity contribution >= 4 is 0 Å². The summed E-state index contributed by atoms with van der Waals surface area (Å²) in [6, 6.07) is 0.126. The van der Waals surface area contributed by atoms with Gasteiger partial charge in [0.25, 0.3) is 0 Å². The average Bonchev–Trinajstić information content (AvgIpc) is 2.78. The number of nitrogens with zero attached hydrogens (tertiary/aromatic N) is 3. The van der Waals surface area contributed by atoms with Crippen LogP contribution in [0.2, 0.25) is 0 Å². The number of aliphatic hydroxyl groups excluding tert-OH is 1. The van der Waals surface area contributed by atoms with Gasteiger partial charge in [0.2, 0.25) is 5.89 Å². The van der Waals surface area contributed by atoms with Crippen molar-refractivity contribution < 1.29 is 9.63 Å². The second kappa shape index (κ2) is 4.97. The molecular weight excluding hydrogens is 230 g/mol. The van der Waals surface area contributed by atoms with Crippen LogP contribution in [0.3, 0.4) is 0 Å². The molecule has 0 saturated carbocycles. The summed E-state index contributed by atoms with van der Waals surface area (Å²) in [6.07, 6.45) is 1.50. The number of rotatable bonds is 2. The van der Waals surface area contributed by atoms with Crippen LogP contribution in [-0.4, -0.2) is 39.3 Å². The molecule has 1 atom stereocenters. The first-order chi connectivity index (χ1) is 8.38. The largest absolute Gasteiger partial charge is 0.393 e. The van der Waals surface area contributed by atoms with Gasteiger partial charge in [-0.15, -0.1) is 0 Å². The Kier molecular flexibility index (Phi) is 3.73. The third-order valence-corrected chi connectivity index (χ3v) is 3.52. The fraction of sp³-hybridized carbons (Fsp3) is 0.846. The van der Waals surface area contributed by atoms with Gasteiger partial charge in [-0.1, -0.05) is 25.9 Å². The van der Waals surface area contributed by atoms with Crippen molar-refractivity contribution in [2.45, 2.75) is 58.1 Å². The lowest BCUT2D eigenvalue weighted by atomic mass is 9.96. The average molecular weight is 253 g/mol. The lowest BCUT2D eigenvalue weighted by molar-refractivity contribution is 0.0564. The second-order valence-electron chi connectivity index (χ2n) is 6.15. The maximum atomic E-state index is 9.51. The second-order valence-corrected chi connectivity index (χ2v) is 6.15. The monoisotopic (exact) mass is 253 g/mol. The Morgan fingerprint density at radius 1 is 1.33 bits per heavy atom. The molecule has 0 aliphatic carbocycles. The first kappa shape index (κ1) is 13.5. The number of hydrogen-bond acceptors (Lipinski definition) is 5. The summed E-state index contributed by atoms with van der Waals surface area (Å²) in [4.78, 5) is 6.78. The minimum Gasteiger partial charge on any atom is -0.393 e. The Morgan fingerprint density at radius 3 is 2.44 bits per heavy atom. The minimum absolute atomic E-state index is 0.0838. The minimum atomic E-state index is -0.152. The van der Waals surface area contributed by atoms with Crippen LogP contribution in [0.5, 0.6) is 0 Å². The first-order valence-electron chi connectivity index (χ1n) is 6.64. The third kappa shape index (κ3) is 2.90. The summed E-state index contributed by atoms with van der Waals surface area (Å²) in [5.41, 5.74) is -0.0838. The molecule has 0 aromatic carbocycles. The topological polar surface area (TPSA) is 62.4 Å². The van der Waals surface area contributed by atoms with Gasteiger partial charge in [0, 0.05) is 18.5 Å². The Hall–Kier alpha value is -0.940. The summed E-state index contributed by atoms with van der Waals surface area (Å²) in [5, 5.41) is 13.6. The van der Waals surface area contributed by atoms with Crippen LogP contribution >= 0.6 is 0 Å². The molecule has 18 heavy (non-hydrogen) atoms. The van der Waals surface area contributed by atoms with Gasteiger partial charge in [-0.2, -0.15) is 4.98 Å². The SMILES string of the molecule is CC(c1nc(C(C)(C)C)no1)N1CCC(O)CC1. The molecule has 1 aliphatic rings. The van der Waals surface area contributed by atoms with E-state index in [1.165, 1.54) is 0 Å². The highest BCUT2D eigenvalue weighted by Crippen LogP contribution is 2.25. The standard InChI is InChI=1S/C13H23N3O2/c1-9(16-7-5-10(17)6-8-16)11-14-12(15-18-11)13(2,3)4/h9-10,17H,5-8H2,1-4H3. The van der Waals surface area contributed by atoms with Crippen molar-refractivity contribution in [3.05, 3.63) is 11.7 Å². The lowest BCUT2D eigenvalue weighted by Crippen LogP contribution is -2.37. The Morgan fingerprint density at radius 2 is 1.94 bits per heavy atom. The summed E-state index contributed by atoms with van der Waals surface area (Å²) < 4.78 is 5.37. The van der Waals surface area contributed by atoms with Gasteiger partial charge in [-0.05, 0) is 19.8 Å². The molecule has 1 N–H and O–H groups in total. The van der Waals surface area contributed by atoms with E-state index in [1.54, 1.807) is 0 Å². The van der Waals surface area contributed by atoms with Gasteiger partial charge >= 0.3 is 0 Å². The molecule has 1 unspecified atom stereocenters. The highest BCUT2D eigenvalue weighted by Gasteiger charge is 2.28. The number of aliphatic hydroxyl groups is 1. The molecule has 1 aromatic heterocycles. The fourth-order valence-electron chi connectivity index (χ4n) is 2.14. The van der Waals surface area contributed by atoms with Crippen molar-refractivity contribution in [3.8, 4) is 0 Å². The zero-order valence-corrected chi connectivity index (χ0v) is 11.7. The van der Waals surface area contributed by atoms with Crippen LogP contribution in [-0.2, 0) is 5.41 Å². The number of likely N-dealkylation sites (tertiary alicyclic amines) is 1.